The third-order valence-corrected chi connectivity index (χ3v) is 17.6. The van der Waals surface area contributed by atoms with Crippen LogP contribution in [-0.2, 0) is 62.3 Å². The average molecular weight is 1400 g/mol. The molecule has 0 spiro atoms. The summed E-state index contributed by atoms with van der Waals surface area (Å²) < 4.78 is 0. The summed E-state index contributed by atoms with van der Waals surface area (Å²) in [5.74, 6) is -17.2. The third-order valence-electron chi connectivity index (χ3n) is 17.6. The fourth-order valence-electron chi connectivity index (χ4n) is 11.4. The Morgan fingerprint density at radius 2 is 1.03 bits per heavy atom. The SMILES string of the molecule is CCCCCCC[C@@H]1CC(=O)N[C@@H](C(C)C)C(=O)N[C@H]([C@@H](O)C(C)C)C(=O)N[C@@H](C)C(=O)N[C@H]([C@@H](O)C(C)C)C(=O)N[C@H](CCC(N)=O)C(=O)N(C)[C@@H]([C@@H](C)CC)C(=O)N[C@H]([C@@H](O)CO)C(=O)N[C@@H]([C@@H](C)O)C(=O)N2C[C@H](O)C[C@H]2C(=O)N[C@H](CC(C)C)C(=O)N[C@@H]([C@@H](C)O)C(=O)N1. The van der Waals surface area contributed by atoms with Crippen LogP contribution < -0.4 is 58.9 Å². The van der Waals surface area contributed by atoms with Gasteiger partial charge in [-0.25, -0.2) is 0 Å². The Labute approximate surface area is 574 Å². The molecule has 0 aromatic heterocycles. The van der Waals surface area contributed by atoms with Crippen molar-refractivity contribution in [1.29, 1.82) is 0 Å². The molecular weight excluding hydrogens is 1280 g/mol. The second-order valence-corrected chi connectivity index (χ2v) is 27.7. The van der Waals surface area contributed by atoms with Crippen molar-refractivity contribution in [2.24, 2.45) is 35.3 Å². The van der Waals surface area contributed by atoms with E-state index in [1.165, 1.54) is 48.5 Å². The zero-order valence-corrected chi connectivity index (χ0v) is 59.6. The highest BCUT2D eigenvalue weighted by Gasteiger charge is 2.47. The van der Waals surface area contributed by atoms with Crippen LogP contribution in [-0.4, -0.2) is 252 Å². The summed E-state index contributed by atoms with van der Waals surface area (Å²) in [7, 11) is 1.13. The highest BCUT2D eigenvalue weighted by Crippen LogP contribution is 2.23. The Morgan fingerprint density at radius 3 is 1.54 bits per heavy atom. The van der Waals surface area contributed by atoms with Gasteiger partial charge in [0.25, 0.3) is 0 Å². The smallest absolute Gasteiger partial charge is 0.248 e. The first-order chi connectivity index (χ1) is 45.6. The molecular formula is C65H115N13O20. The second kappa shape index (κ2) is 41.4. The maximum atomic E-state index is 14.7. The Kier molecular flexibility index (Phi) is 36.7. The van der Waals surface area contributed by atoms with Gasteiger partial charge >= 0.3 is 0 Å². The maximum Gasteiger partial charge on any atom is 0.248 e. The normalized spacial score (nSPS) is 28.7. The molecule has 2 heterocycles. The van der Waals surface area contributed by atoms with E-state index in [0.29, 0.717) is 12.8 Å². The van der Waals surface area contributed by atoms with Crippen LogP contribution in [0.15, 0.2) is 0 Å². The number of likely N-dealkylation sites (N-methyl/N-ethyl adjacent to an activating group) is 1. The maximum absolute atomic E-state index is 14.7. The topological polar surface area (TPSA) is 516 Å². The highest BCUT2D eigenvalue weighted by atomic mass is 16.3. The minimum absolute atomic E-state index is 0.0942. The molecule has 13 amide bonds. The average Bonchev–Trinajstić information content (AvgIpc) is 1.56. The van der Waals surface area contributed by atoms with Gasteiger partial charge in [-0.3, -0.25) is 62.3 Å². The molecule has 0 aromatic rings. The number of hydrogen-bond acceptors (Lipinski definition) is 20. The molecule has 2 saturated heterocycles. The molecule has 19 N–H and O–H groups in total. The van der Waals surface area contributed by atoms with Crippen molar-refractivity contribution in [3.05, 3.63) is 0 Å². The predicted octanol–water partition coefficient (Wildman–Crippen LogP) is -4.43. The summed E-state index contributed by atoms with van der Waals surface area (Å²) in [4.78, 5) is 187. The van der Waals surface area contributed by atoms with Gasteiger partial charge in [0.05, 0.1) is 37.1 Å². The van der Waals surface area contributed by atoms with Crippen molar-refractivity contribution >= 4 is 76.8 Å². The lowest BCUT2D eigenvalue weighted by molar-refractivity contribution is -0.147. The molecule has 0 saturated carbocycles. The minimum atomic E-state index is -2.17. The number of fused-ring (bicyclic) bond motifs is 1. The lowest BCUT2D eigenvalue weighted by Crippen LogP contribution is -2.65. The summed E-state index contributed by atoms with van der Waals surface area (Å²) >= 11 is 0. The molecule has 0 unspecified atom stereocenters. The van der Waals surface area contributed by atoms with E-state index in [1.54, 1.807) is 34.6 Å². The largest absolute Gasteiger partial charge is 0.394 e. The van der Waals surface area contributed by atoms with Gasteiger partial charge in [-0.2, -0.15) is 0 Å². The number of unbranched alkanes of at least 4 members (excludes halogenated alkanes) is 4. The second-order valence-electron chi connectivity index (χ2n) is 27.7. The van der Waals surface area contributed by atoms with E-state index in [2.05, 4.69) is 53.2 Å². The van der Waals surface area contributed by atoms with E-state index >= 15 is 0 Å². The first-order valence-electron chi connectivity index (χ1n) is 34.2. The Morgan fingerprint density at radius 1 is 0.541 bits per heavy atom. The van der Waals surface area contributed by atoms with Crippen LogP contribution in [0.25, 0.3) is 0 Å². The van der Waals surface area contributed by atoms with E-state index in [9.17, 15) is 98.1 Å². The van der Waals surface area contributed by atoms with E-state index < -0.39 is 248 Å². The molecule has 0 aliphatic carbocycles. The van der Waals surface area contributed by atoms with Gasteiger partial charge in [-0.1, -0.05) is 115 Å². The van der Waals surface area contributed by atoms with Crippen molar-refractivity contribution in [3.63, 3.8) is 0 Å². The van der Waals surface area contributed by atoms with Crippen molar-refractivity contribution in [1.82, 2.24) is 63.0 Å². The number of carbonyl (C=O) groups is 13. The number of primary amides is 1. The van der Waals surface area contributed by atoms with Crippen LogP contribution in [0.5, 0.6) is 0 Å². The summed E-state index contributed by atoms with van der Waals surface area (Å²) in [6, 6.07) is -20.1. The van der Waals surface area contributed by atoms with Gasteiger partial charge in [0.2, 0.25) is 76.8 Å². The van der Waals surface area contributed by atoms with Crippen LogP contribution in [0, 0.1) is 29.6 Å². The van der Waals surface area contributed by atoms with Crippen molar-refractivity contribution in [2.45, 2.75) is 283 Å². The van der Waals surface area contributed by atoms with Crippen LogP contribution in [0.3, 0.4) is 0 Å². The molecule has 0 aromatic carbocycles. The number of amides is 13. The lowest BCUT2D eigenvalue weighted by Gasteiger charge is -2.36. The highest BCUT2D eigenvalue weighted by molar-refractivity contribution is 6.00. The van der Waals surface area contributed by atoms with Crippen molar-refractivity contribution in [3.8, 4) is 0 Å². The monoisotopic (exact) mass is 1400 g/mol. The Bertz CT molecular complexity index is 2700. The summed E-state index contributed by atoms with van der Waals surface area (Å²) in [6.45, 7) is 19.5. The van der Waals surface area contributed by atoms with Crippen LogP contribution in [0.2, 0.25) is 0 Å². The first-order valence-corrected chi connectivity index (χ1v) is 34.2. The number of aliphatic hydroxyl groups excluding tert-OH is 7. The van der Waals surface area contributed by atoms with Crippen LogP contribution in [0.4, 0.5) is 0 Å². The molecule has 560 valence electrons. The number of aliphatic hydroxyl groups is 7. The molecule has 33 heteroatoms. The van der Waals surface area contributed by atoms with E-state index in [0.717, 1.165) is 43.0 Å². The number of carbonyl (C=O) groups excluding carboxylic acids is 13. The van der Waals surface area contributed by atoms with Gasteiger partial charge in [0.1, 0.15) is 72.6 Å². The number of rotatable bonds is 22. The van der Waals surface area contributed by atoms with Gasteiger partial charge < -0.3 is 104 Å². The lowest BCUT2D eigenvalue weighted by atomic mass is 9.94. The number of nitrogens with one attached hydrogen (secondary N) is 10. The van der Waals surface area contributed by atoms with Crippen LogP contribution >= 0.6 is 0 Å². The first kappa shape index (κ1) is 86.9. The zero-order valence-electron chi connectivity index (χ0n) is 59.6. The molecule has 2 rings (SSSR count). The summed E-state index contributed by atoms with van der Waals surface area (Å²) in [6.07, 6.45) is -8.27. The Balaban J connectivity index is 2.98. The summed E-state index contributed by atoms with van der Waals surface area (Å²) in [5, 5.41) is 102. The van der Waals surface area contributed by atoms with Gasteiger partial charge in [-0.15, -0.1) is 0 Å². The van der Waals surface area contributed by atoms with Gasteiger partial charge in [0, 0.05) is 38.9 Å². The fourth-order valence-corrected chi connectivity index (χ4v) is 11.4. The molecule has 19 atom stereocenters. The molecule has 33 nitrogen and oxygen atoms in total. The number of nitrogens with two attached hydrogens (primary N) is 1. The predicted molar refractivity (Wildman–Crippen MR) is 356 cm³/mol. The fraction of sp³-hybridized carbons (Fsp3) is 0.800. The van der Waals surface area contributed by atoms with E-state index in [-0.39, 0.29) is 25.2 Å². The van der Waals surface area contributed by atoms with Gasteiger partial charge in [0.15, 0.2) is 0 Å². The molecule has 0 bridgehead atoms. The standard InChI is InChI=1S/C65H115N13O20/c1-16-18-19-20-21-22-38-26-45(85)71-46(31(5)6)58(91)76-50(53(86)32(7)8)61(94)67-35(12)55(88)75-51(54(87)33(9)10)62(95)69-40(23-24-44(66)84)64(97)77(15)52(34(11)17-2)63(96)74-49(43(83)29-79)60(93)73-48(37(14)81)65(98)78-28-39(82)27-42(78)57(90)70-41(25-30(3)4)56(89)72-47(36(13)80)59(92)68-38/h30-43,46-54,79-83,86-87H,16-29H2,1-15H3,(H2,66,84)(H,67,94)(H,68,92)(H,69,95)(H,70,90)(H,71,85)(H,72,89)(H,73,93)(H,74,96)(H,75,88)(H,76,91)/t34-,35-,36+,37+,38+,39+,40+,41+,42-,43-,46-,47-,48-,49+,50+,51+,52-,53-,54-/m0/s1. The van der Waals surface area contributed by atoms with E-state index in [4.69, 9.17) is 5.73 Å². The molecule has 2 fully saturated rings. The molecule has 98 heavy (non-hydrogen) atoms. The Hall–Kier alpha value is -7.17. The quantitative estimate of drug-likeness (QED) is 0.0455. The molecule has 2 aliphatic rings. The van der Waals surface area contributed by atoms with Crippen LogP contribution in [0.1, 0.15) is 174 Å². The third kappa shape index (κ3) is 26.5. The van der Waals surface area contributed by atoms with Gasteiger partial charge in [-0.05, 0) is 69.6 Å². The number of hydrogen-bond donors (Lipinski definition) is 18. The minimum Gasteiger partial charge on any atom is -0.394 e. The van der Waals surface area contributed by atoms with Crippen molar-refractivity contribution in [2.75, 3.05) is 20.2 Å². The number of nitrogens with zero attached hydrogens (tertiary/aromatic N) is 2. The molecule has 2 aliphatic heterocycles. The van der Waals surface area contributed by atoms with E-state index in [1.807, 2.05) is 6.92 Å². The van der Waals surface area contributed by atoms with Crippen molar-refractivity contribution < 1.29 is 98.1 Å². The zero-order chi connectivity index (χ0) is 74.9. The summed E-state index contributed by atoms with van der Waals surface area (Å²) in [5.41, 5.74) is 5.50. The molecule has 0 radical (unpaired) electrons.